The van der Waals surface area contributed by atoms with Crippen LogP contribution < -0.4 is 0 Å². The Morgan fingerprint density at radius 1 is 0.442 bits per heavy atom. The summed E-state index contributed by atoms with van der Waals surface area (Å²) in [5, 5.41) is 31.5. The lowest BCUT2D eigenvalue weighted by Gasteiger charge is -2.40. The van der Waals surface area contributed by atoms with Crippen LogP contribution in [0.5, 0.6) is 0 Å². The van der Waals surface area contributed by atoms with E-state index in [2.05, 4.69) is 118 Å². The minimum Gasteiger partial charge on any atom is -0.479 e. The van der Waals surface area contributed by atoms with Crippen molar-refractivity contribution in [2.45, 2.75) is 263 Å². The molecule has 0 radical (unpaired) electrons. The summed E-state index contributed by atoms with van der Waals surface area (Å²) >= 11 is 0. The number of rotatable bonds is 49. The summed E-state index contributed by atoms with van der Waals surface area (Å²) in [6, 6.07) is 0. The van der Waals surface area contributed by atoms with Crippen LogP contribution in [-0.2, 0) is 42.9 Å². The average molecular weight is 1080 g/mol. The van der Waals surface area contributed by atoms with Gasteiger partial charge in [0, 0.05) is 19.3 Å². The fourth-order valence-corrected chi connectivity index (χ4v) is 8.25. The Hall–Kier alpha value is -4.62. The number of aliphatic carboxylic acids is 1. The summed E-state index contributed by atoms with van der Waals surface area (Å²) in [7, 11) is 0. The lowest BCUT2D eigenvalue weighted by Crippen LogP contribution is -2.61. The Balaban J connectivity index is 2.75. The summed E-state index contributed by atoms with van der Waals surface area (Å²) in [4.78, 5) is 51.1. The largest absolute Gasteiger partial charge is 0.479 e. The van der Waals surface area contributed by atoms with E-state index < -0.39 is 67.3 Å². The van der Waals surface area contributed by atoms with E-state index in [9.17, 15) is 34.5 Å². The number of allylic oxidation sites excluding steroid dienone is 18. The molecule has 0 saturated carbocycles. The molecular formula is C65H104O12. The summed E-state index contributed by atoms with van der Waals surface area (Å²) in [6.07, 6.45) is 57.8. The quantitative estimate of drug-likeness (QED) is 0.0228. The third kappa shape index (κ3) is 42.1. The van der Waals surface area contributed by atoms with Gasteiger partial charge in [-0.3, -0.25) is 14.4 Å². The minimum atomic E-state index is -1.92. The molecule has 436 valence electrons. The molecule has 77 heavy (non-hydrogen) atoms. The van der Waals surface area contributed by atoms with Crippen molar-refractivity contribution in [1.29, 1.82) is 0 Å². The first kappa shape index (κ1) is 70.4. The van der Waals surface area contributed by atoms with Crippen LogP contribution in [0, 0.1) is 0 Å². The molecule has 1 aliphatic heterocycles. The van der Waals surface area contributed by atoms with Crippen LogP contribution in [0.15, 0.2) is 109 Å². The third-order valence-corrected chi connectivity index (χ3v) is 12.8. The maximum absolute atomic E-state index is 13.1. The standard InChI is InChI=1S/C65H104O12/c1-4-7-10-13-16-19-22-25-27-28-29-30-32-34-36-39-42-45-48-51-57(66)73-54-56(75-58(67)52-49-46-43-40-38-35-31-26-23-20-17-14-11-8-5-2)55-74-65-63(61(70)60(69)62(77-65)64(71)72)76-59(68)53-50-47-44-41-37-33-24-21-18-15-12-9-6-3/h7,10,12,15-16,19,21,24-27,29-31,34,36,42,45,56,60-63,65,69-70H,4-6,8-9,11,13-14,17-18,20,22-23,28,32-33,35,37-41,43-44,46-55H2,1-3H3,(H,71,72)/b10-7-,15-12-,19-16-,24-21-,27-25-,30-29-,31-26-,36-34-,45-42-. The molecule has 0 spiro atoms. The summed E-state index contributed by atoms with van der Waals surface area (Å²) < 4.78 is 28.3. The van der Waals surface area contributed by atoms with Gasteiger partial charge in [0.2, 0.25) is 0 Å². The zero-order chi connectivity index (χ0) is 56.1. The number of unbranched alkanes of at least 4 members (excludes halogenated alkanes) is 17. The molecule has 6 atom stereocenters. The highest BCUT2D eigenvalue weighted by atomic mass is 16.7. The number of esters is 3. The van der Waals surface area contributed by atoms with E-state index in [0.29, 0.717) is 19.3 Å². The van der Waals surface area contributed by atoms with E-state index >= 15 is 0 Å². The third-order valence-electron chi connectivity index (χ3n) is 12.8. The lowest BCUT2D eigenvalue weighted by molar-refractivity contribution is -0.301. The zero-order valence-electron chi connectivity index (χ0n) is 47.9. The van der Waals surface area contributed by atoms with Crippen molar-refractivity contribution in [3.05, 3.63) is 109 Å². The smallest absolute Gasteiger partial charge is 0.335 e. The van der Waals surface area contributed by atoms with Crippen LogP contribution in [-0.4, -0.2) is 89.2 Å². The Morgan fingerprint density at radius 3 is 1.36 bits per heavy atom. The normalized spacial score (nSPS) is 18.8. The second-order valence-electron chi connectivity index (χ2n) is 19.9. The minimum absolute atomic E-state index is 0.0313. The second kappa shape index (κ2) is 52.1. The number of carbonyl (C=O) groups is 4. The number of aliphatic hydroxyl groups excluding tert-OH is 2. The number of hydrogen-bond acceptors (Lipinski definition) is 11. The Kier molecular flexibility index (Phi) is 47.6. The van der Waals surface area contributed by atoms with Crippen molar-refractivity contribution in [1.82, 2.24) is 0 Å². The first-order valence-corrected chi connectivity index (χ1v) is 29.9. The number of carbonyl (C=O) groups excluding carboxylic acids is 3. The van der Waals surface area contributed by atoms with Gasteiger partial charge in [0.05, 0.1) is 6.61 Å². The van der Waals surface area contributed by atoms with Crippen LogP contribution in [0.1, 0.15) is 226 Å². The molecule has 3 N–H and O–H groups in total. The highest BCUT2D eigenvalue weighted by molar-refractivity contribution is 5.74. The van der Waals surface area contributed by atoms with Crippen molar-refractivity contribution < 1.29 is 58.2 Å². The van der Waals surface area contributed by atoms with Gasteiger partial charge < -0.3 is 39.0 Å². The van der Waals surface area contributed by atoms with E-state index in [4.69, 9.17) is 23.7 Å². The van der Waals surface area contributed by atoms with Crippen LogP contribution >= 0.6 is 0 Å². The van der Waals surface area contributed by atoms with Gasteiger partial charge in [0.1, 0.15) is 18.8 Å². The molecular weight excluding hydrogens is 973 g/mol. The number of carboxylic acids is 1. The van der Waals surface area contributed by atoms with Gasteiger partial charge in [-0.2, -0.15) is 0 Å². The molecule has 12 heteroatoms. The molecule has 1 fully saturated rings. The Bertz CT molecular complexity index is 1750. The van der Waals surface area contributed by atoms with E-state index in [1.807, 2.05) is 12.2 Å². The predicted octanol–water partition coefficient (Wildman–Crippen LogP) is 15.4. The highest BCUT2D eigenvalue weighted by Gasteiger charge is 2.50. The van der Waals surface area contributed by atoms with Crippen molar-refractivity contribution in [3.63, 3.8) is 0 Å². The number of aliphatic hydroxyl groups is 2. The van der Waals surface area contributed by atoms with Crippen LogP contribution in [0.4, 0.5) is 0 Å². The van der Waals surface area contributed by atoms with Gasteiger partial charge in [-0.15, -0.1) is 0 Å². The van der Waals surface area contributed by atoms with Crippen molar-refractivity contribution >= 4 is 23.9 Å². The summed E-state index contributed by atoms with van der Waals surface area (Å²) in [5.41, 5.74) is 0. The fraction of sp³-hybridized carbons (Fsp3) is 0.662. The number of hydrogen-bond donors (Lipinski definition) is 3. The first-order chi connectivity index (χ1) is 37.6. The molecule has 12 nitrogen and oxygen atoms in total. The second-order valence-corrected chi connectivity index (χ2v) is 19.9. The van der Waals surface area contributed by atoms with E-state index in [1.54, 1.807) is 0 Å². The number of ether oxygens (including phenoxy) is 5. The highest BCUT2D eigenvalue weighted by Crippen LogP contribution is 2.26. The van der Waals surface area contributed by atoms with Gasteiger partial charge in [-0.1, -0.05) is 207 Å². The Labute approximate surface area is 465 Å². The average Bonchev–Trinajstić information content (AvgIpc) is 3.42. The van der Waals surface area contributed by atoms with Crippen LogP contribution in [0.2, 0.25) is 0 Å². The van der Waals surface area contributed by atoms with Crippen LogP contribution in [0.3, 0.4) is 0 Å². The molecule has 0 amide bonds. The predicted molar refractivity (Wildman–Crippen MR) is 312 cm³/mol. The van der Waals surface area contributed by atoms with Gasteiger partial charge in [0.25, 0.3) is 0 Å². The monoisotopic (exact) mass is 1080 g/mol. The molecule has 0 aromatic heterocycles. The molecule has 1 aliphatic rings. The maximum atomic E-state index is 13.1. The Morgan fingerprint density at radius 2 is 0.870 bits per heavy atom. The van der Waals surface area contributed by atoms with E-state index in [0.717, 1.165) is 128 Å². The topological polar surface area (TPSA) is 175 Å². The van der Waals surface area contributed by atoms with E-state index in [-0.39, 0.29) is 25.9 Å². The van der Waals surface area contributed by atoms with Crippen molar-refractivity contribution in [3.8, 4) is 0 Å². The fourth-order valence-electron chi connectivity index (χ4n) is 8.25. The SMILES string of the molecule is CC/C=C\C/C=C\C/C=C\C/C=C\C/C=C\C/C=C\CCC(=O)OCC(COC1OC(C(=O)O)C(O)C(O)C1OC(=O)CCCCCCC/C=C\C/C=C\CCC)OC(=O)CCCCCCC/C=C\CCCCCCCC. The molecule has 1 saturated heterocycles. The molecule has 6 unspecified atom stereocenters. The lowest BCUT2D eigenvalue weighted by atomic mass is 9.98. The molecule has 0 aliphatic carbocycles. The summed E-state index contributed by atoms with van der Waals surface area (Å²) in [5.74, 6) is -3.27. The molecule has 0 aromatic rings. The van der Waals surface area contributed by atoms with Crippen LogP contribution in [0.25, 0.3) is 0 Å². The van der Waals surface area contributed by atoms with Gasteiger partial charge in [-0.25, -0.2) is 4.79 Å². The zero-order valence-corrected chi connectivity index (χ0v) is 47.9. The van der Waals surface area contributed by atoms with Gasteiger partial charge in [-0.05, 0) is 109 Å². The molecule has 0 bridgehead atoms. The first-order valence-electron chi connectivity index (χ1n) is 29.9. The molecule has 1 rings (SSSR count). The van der Waals surface area contributed by atoms with Gasteiger partial charge >= 0.3 is 23.9 Å². The summed E-state index contributed by atoms with van der Waals surface area (Å²) in [6.45, 7) is 5.72. The number of carboxylic acid groups (broad SMARTS) is 1. The molecule has 1 heterocycles. The van der Waals surface area contributed by atoms with E-state index in [1.165, 1.54) is 38.5 Å². The maximum Gasteiger partial charge on any atom is 0.335 e. The van der Waals surface area contributed by atoms with Gasteiger partial charge in [0.15, 0.2) is 24.6 Å². The molecule has 0 aromatic carbocycles. The van der Waals surface area contributed by atoms with Crippen molar-refractivity contribution in [2.24, 2.45) is 0 Å². The van der Waals surface area contributed by atoms with Crippen molar-refractivity contribution in [2.75, 3.05) is 13.2 Å².